The summed E-state index contributed by atoms with van der Waals surface area (Å²) in [5.41, 5.74) is 2.16. The molecule has 0 bridgehead atoms. The van der Waals surface area contributed by atoms with E-state index >= 15 is 0 Å². The molecule has 3 amide bonds. The van der Waals surface area contributed by atoms with Crippen LogP contribution in [-0.4, -0.2) is 58.7 Å². The van der Waals surface area contributed by atoms with Crippen LogP contribution in [-0.2, 0) is 4.79 Å². The number of anilines is 1. The van der Waals surface area contributed by atoms with Crippen LogP contribution in [0.3, 0.4) is 0 Å². The number of urea groups is 1. The van der Waals surface area contributed by atoms with Gasteiger partial charge in [-0.1, -0.05) is 43.7 Å². The van der Waals surface area contributed by atoms with Gasteiger partial charge in [0.05, 0.1) is 11.4 Å². The van der Waals surface area contributed by atoms with Crippen LogP contribution in [0.4, 0.5) is 15.0 Å². The largest absolute Gasteiger partial charge is 0.331 e. The fourth-order valence-electron chi connectivity index (χ4n) is 3.23. The summed E-state index contributed by atoms with van der Waals surface area (Å²) in [6.07, 6.45) is 1.72. The van der Waals surface area contributed by atoms with Crippen LogP contribution in [0.1, 0.15) is 19.8 Å². The monoisotopic (exact) mass is 437 g/mol. The number of hydrogen-bond donors (Lipinski definition) is 1. The van der Waals surface area contributed by atoms with Crippen molar-refractivity contribution < 1.29 is 14.0 Å². The van der Waals surface area contributed by atoms with Crippen molar-refractivity contribution >= 4 is 17.8 Å². The van der Waals surface area contributed by atoms with Gasteiger partial charge in [0.1, 0.15) is 18.2 Å². The molecular formula is C24H28FN5O2. The smallest absolute Gasteiger partial charge is 0.319 e. The van der Waals surface area contributed by atoms with Crippen LogP contribution in [0, 0.1) is 5.82 Å². The Morgan fingerprint density at radius 2 is 1.75 bits per heavy atom. The summed E-state index contributed by atoms with van der Waals surface area (Å²) in [7, 11) is 3.32. The highest BCUT2D eigenvalue weighted by molar-refractivity contribution is 5.94. The van der Waals surface area contributed by atoms with Gasteiger partial charge in [-0.3, -0.25) is 4.79 Å². The molecule has 0 saturated heterocycles. The third-order valence-electron chi connectivity index (χ3n) is 4.89. The Morgan fingerprint density at radius 3 is 2.38 bits per heavy atom. The van der Waals surface area contributed by atoms with E-state index in [1.54, 1.807) is 37.0 Å². The lowest BCUT2D eigenvalue weighted by atomic mass is 10.1. The van der Waals surface area contributed by atoms with E-state index in [-0.39, 0.29) is 24.3 Å². The van der Waals surface area contributed by atoms with Crippen molar-refractivity contribution in [3.05, 3.63) is 66.5 Å². The lowest BCUT2D eigenvalue weighted by Crippen LogP contribution is -2.44. The highest BCUT2D eigenvalue weighted by Gasteiger charge is 2.20. The predicted molar refractivity (Wildman–Crippen MR) is 123 cm³/mol. The molecule has 3 aromatic rings. The van der Waals surface area contributed by atoms with E-state index in [1.165, 1.54) is 21.9 Å². The molecule has 0 aliphatic rings. The Hall–Kier alpha value is -3.68. The number of nitrogens with zero attached hydrogens (tertiary/aromatic N) is 4. The number of rotatable bonds is 8. The summed E-state index contributed by atoms with van der Waals surface area (Å²) < 4.78 is 15.0. The van der Waals surface area contributed by atoms with Gasteiger partial charge < -0.3 is 15.1 Å². The molecule has 1 aromatic heterocycles. The van der Waals surface area contributed by atoms with Crippen LogP contribution < -0.4 is 5.32 Å². The van der Waals surface area contributed by atoms with Crippen molar-refractivity contribution in [2.24, 2.45) is 0 Å². The van der Waals surface area contributed by atoms with Gasteiger partial charge in [-0.05, 0) is 30.7 Å². The Bertz CT molecular complexity index is 1050. The number of halogens is 1. The first-order valence-electron chi connectivity index (χ1n) is 10.6. The maximum atomic E-state index is 13.4. The molecule has 0 unspecified atom stereocenters. The fraction of sp³-hybridized carbons (Fsp3) is 0.292. The van der Waals surface area contributed by atoms with Crippen LogP contribution in [0.5, 0.6) is 0 Å². The van der Waals surface area contributed by atoms with E-state index < -0.39 is 0 Å². The van der Waals surface area contributed by atoms with Crippen molar-refractivity contribution in [1.29, 1.82) is 0 Å². The molecule has 168 valence electrons. The third-order valence-corrected chi connectivity index (χ3v) is 4.89. The number of carbonyl (C=O) groups is 2. The molecular weight excluding hydrogens is 409 g/mol. The standard InChI is InChI=1S/C24H28FN5O2/c1-4-5-15-29(24(32)28(2)3)17-23(31)26-22-16-21(18-9-7-6-8-10-18)27-30(22)20-13-11-19(25)12-14-20/h6-14,16H,4-5,15,17H2,1-3H3,(H,26,31). The molecule has 8 heteroatoms. The predicted octanol–water partition coefficient (Wildman–Crippen LogP) is 4.40. The molecule has 1 N–H and O–H groups in total. The molecule has 0 radical (unpaired) electrons. The van der Waals surface area contributed by atoms with Gasteiger partial charge in [-0.15, -0.1) is 0 Å². The molecule has 0 aliphatic heterocycles. The van der Waals surface area contributed by atoms with Crippen molar-refractivity contribution in [3.63, 3.8) is 0 Å². The average molecular weight is 438 g/mol. The molecule has 32 heavy (non-hydrogen) atoms. The van der Waals surface area contributed by atoms with Crippen LogP contribution in [0.15, 0.2) is 60.7 Å². The summed E-state index contributed by atoms with van der Waals surface area (Å²) in [6.45, 7) is 2.45. The van der Waals surface area contributed by atoms with Gasteiger partial charge in [0.2, 0.25) is 5.91 Å². The number of nitrogens with one attached hydrogen (secondary N) is 1. The van der Waals surface area contributed by atoms with Crippen molar-refractivity contribution in [1.82, 2.24) is 19.6 Å². The Balaban J connectivity index is 1.88. The molecule has 2 aromatic carbocycles. The first-order valence-corrected chi connectivity index (χ1v) is 10.6. The highest BCUT2D eigenvalue weighted by atomic mass is 19.1. The van der Waals surface area contributed by atoms with E-state index in [2.05, 4.69) is 10.4 Å². The van der Waals surface area contributed by atoms with Crippen LogP contribution >= 0.6 is 0 Å². The number of hydrogen-bond acceptors (Lipinski definition) is 3. The van der Waals surface area contributed by atoms with E-state index in [1.807, 2.05) is 37.3 Å². The molecule has 0 fully saturated rings. The maximum absolute atomic E-state index is 13.4. The summed E-state index contributed by atoms with van der Waals surface area (Å²) in [5.74, 6) is -0.254. The normalized spacial score (nSPS) is 10.6. The SMILES string of the molecule is CCCCN(CC(=O)Nc1cc(-c2ccccc2)nn1-c1ccc(F)cc1)C(=O)N(C)C. The minimum Gasteiger partial charge on any atom is -0.331 e. The van der Waals surface area contributed by atoms with Crippen LogP contribution in [0.2, 0.25) is 0 Å². The maximum Gasteiger partial charge on any atom is 0.319 e. The Kier molecular flexibility index (Phi) is 7.59. The lowest BCUT2D eigenvalue weighted by molar-refractivity contribution is -0.116. The van der Waals surface area contributed by atoms with Crippen molar-refractivity contribution in [3.8, 4) is 16.9 Å². The molecule has 0 saturated carbocycles. The number of amides is 3. The van der Waals surface area contributed by atoms with E-state index in [4.69, 9.17) is 0 Å². The van der Waals surface area contributed by atoms with Gasteiger partial charge in [-0.2, -0.15) is 5.10 Å². The van der Waals surface area contributed by atoms with E-state index in [0.29, 0.717) is 23.7 Å². The highest BCUT2D eigenvalue weighted by Crippen LogP contribution is 2.25. The second-order valence-electron chi connectivity index (χ2n) is 7.67. The molecule has 0 atom stereocenters. The second kappa shape index (κ2) is 10.6. The van der Waals surface area contributed by atoms with Crippen molar-refractivity contribution in [2.45, 2.75) is 19.8 Å². The molecule has 3 rings (SSSR count). The summed E-state index contributed by atoms with van der Waals surface area (Å²) in [4.78, 5) is 28.3. The summed E-state index contributed by atoms with van der Waals surface area (Å²) >= 11 is 0. The summed E-state index contributed by atoms with van der Waals surface area (Å²) in [6, 6.07) is 17.0. The average Bonchev–Trinajstić information content (AvgIpc) is 3.20. The lowest BCUT2D eigenvalue weighted by Gasteiger charge is -2.25. The third kappa shape index (κ3) is 5.72. The van der Waals surface area contributed by atoms with Crippen molar-refractivity contribution in [2.75, 3.05) is 32.5 Å². The van der Waals surface area contributed by atoms with Gasteiger partial charge in [0.15, 0.2) is 0 Å². The second-order valence-corrected chi connectivity index (χ2v) is 7.67. The minimum absolute atomic E-state index is 0.0771. The van der Waals surface area contributed by atoms with E-state index in [9.17, 15) is 14.0 Å². The zero-order valence-electron chi connectivity index (χ0n) is 18.6. The number of unbranched alkanes of at least 4 members (excludes halogenated alkanes) is 1. The number of aromatic nitrogens is 2. The van der Waals surface area contributed by atoms with Gasteiger partial charge >= 0.3 is 6.03 Å². The summed E-state index contributed by atoms with van der Waals surface area (Å²) in [5, 5.41) is 7.49. The number of carbonyl (C=O) groups excluding carboxylic acids is 2. The quantitative estimate of drug-likeness (QED) is 0.568. The molecule has 7 nitrogen and oxygen atoms in total. The Labute approximate surface area is 187 Å². The number of benzene rings is 2. The Morgan fingerprint density at radius 1 is 1.06 bits per heavy atom. The minimum atomic E-state index is -0.358. The van der Waals surface area contributed by atoms with Gasteiger partial charge in [-0.25, -0.2) is 13.9 Å². The van der Waals surface area contributed by atoms with Crippen LogP contribution in [0.25, 0.3) is 16.9 Å². The fourth-order valence-corrected chi connectivity index (χ4v) is 3.23. The topological polar surface area (TPSA) is 70.5 Å². The van der Waals surface area contributed by atoms with E-state index in [0.717, 1.165) is 18.4 Å². The first-order chi connectivity index (χ1) is 15.4. The molecule has 0 spiro atoms. The molecule has 0 aliphatic carbocycles. The van der Waals surface area contributed by atoms with Gasteiger partial charge in [0.25, 0.3) is 0 Å². The van der Waals surface area contributed by atoms with Gasteiger partial charge in [0, 0.05) is 32.3 Å². The molecule has 1 heterocycles. The zero-order valence-corrected chi connectivity index (χ0v) is 18.6. The first kappa shape index (κ1) is 23.0. The zero-order chi connectivity index (χ0) is 23.1.